The van der Waals surface area contributed by atoms with Gasteiger partial charge in [-0.25, -0.2) is 0 Å². The minimum atomic E-state index is 0. The van der Waals surface area contributed by atoms with Crippen LogP contribution in [0.4, 0.5) is 0 Å². The number of aryl methyl sites for hydroxylation is 1. The van der Waals surface area contributed by atoms with Crippen molar-refractivity contribution < 1.29 is 1.43 Å². The molecule has 0 atom stereocenters. The highest BCUT2D eigenvalue weighted by Gasteiger charge is 1.94. The Morgan fingerprint density at radius 2 is 2.33 bits per heavy atom. The Morgan fingerprint density at radius 1 is 1.50 bits per heavy atom. The van der Waals surface area contributed by atoms with Gasteiger partial charge >= 0.3 is 0 Å². The molecule has 0 aliphatic heterocycles. The summed E-state index contributed by atoms with van der Waals surface area (Å²) in [5, 5.41) is 11.1. The maximum absolute atomic E-state index is 3.90. The molecule has 1 aromatic rings. The molecule has 4 heteroatoms. The maximum Gasteiger partial charge on any atom is 0.0665 e. The van der Waals surface area contributed by atoms with Crippen LogP contribution in [0.3, 0.4) is 0 Å². The molecule has 0 N–H and O–H groups in total. The van der Waals surface area contributed by atoms with Crippen molar-refractivity contribution in [2.24, 2.45) is 0 Å². The second-order valence-corrected chi connectivity index (χ2v) is 3.02. The molecule has 0 amide bonds. The third-order valence-electron chi connectivity index (χ3n) is 1.60. The predicted molar refractivity (Wildman–Crippen MR) is 48.8 cm³/mol. The molecule has 0 saturated heterocycles. The highest BCUT2D eigenvalue weighted by atomic mass is 15.3. The van der Waals surface area contributed by atoms with Gasteiger partial charge in [-0.05, 0) is 44.8 Å². The van der Waals surface area contributed by atoms with Crippen LogP contribution in [0.2, 0.25) is 0 Å². The van der Waals surface area contributed by atoms with Gasteiger partial charge in [-0.3, -0.25) is 0 Å². The first-order chi connectivity index (χ1) is 5.79. The monoisotopic (exact) mass is 168 g/mol. The summed E-state index contributed by atoms with van der Waals surface area (Å²) in [6.07, 6.45) is 3.78. The lowest BCUT2D eigenvalue weighted by Gasteiger charge is -2.07. The normalized spacial score (nSPS) is 10.6. The molecule has 12 heavy (non-hydrogen) atoms. The fourth-order valence-electron chi connectivity index (χ4n) is 0.976. The fourth-order valence-corrected chi connectivity index (χ4v) is 0.976. The standard InChI is InChI=1S/C8H14N4.H2/c1-12(2)7-3-4-8-5-6-9-11-10-8;/h5-6H,3-4,7H2,1-2H3;1H. The van der Waals surface area contributed by atoms with Crippen LogP contribution in [0, 0.1) is 0 Å². The molecule has 0 radical (unpaired) electrons. The lowest BCUT2D eigenvalue weighted by atomic mass is 10.2. The van der Waals surface area contributed by atoms with Crippen molar-refractivity contribution in [3.05, 3.63) is 18.0 Å². The molecule has 0 aliphatic carbocycles. The van der Waals surface area contributed by atoms with Crippen molar-refractivity contribution in [3.63, 3.8) is 0 Å². The molecule has 0 bridgehead atoms. The van der Waals surface area contributed by atoms with Gasteiger partial charge in [0.2, 0.25) is 0 Å². The average Bonchev–Trinajstić information content (AvgIpc) is 2.05. The zero-order valence-corrected chi connectivity index (χ0v) is 7.56. The summed E-state index contributed by atoms with van der Waals surface area (Å²) in [6.45, 7) is 1.09. The molecule has 1 heterocycles. The number of aromatic nitrogens is 3. The van der Waals surface area contributed by atoms with E-state index in [0.29, 0.717) is 0 Å². The summed E-state index contributed by atoms with van der Waals surface area (Å²) < 4.78 is 0. The number of rotatable bonds is 4. The van der Waals surface area contributed by atoms with E-state index >= 15 is 0 Å². The van der Waals surface area contributed by atoms with Crippen LogP contribution in [0.5, 0.6) is 0 Å². The second-order valence-electron chi connectivity index (χ2n) is 3.02. The molecule has 68 valence electrons. The van der Waals surface area contributed by atoms with E-state index in [1.165, 1.54) is 0 Å². The molecule has 0 aromatic carbocycles. The third-order valence-corrected chi connectivity index (χ3v) is 1.60. The SMILES string of the molecule is CN(C)CCCc1ccnnn1.[HH]. The Morgan fingerprint density at radius 3 is 2.92 bits per heavy atom. The van der Waals surface area contributed by atoms with E-state index in [4.69, 9.17) is 0 Å². The van der Waals surface area contributed by atoms with Gasteiger partial charge < -0.3 is 4.90 Å². The zero-order valence-electron chi connectivity index (χ0n) is 7.56. The Kier molecular flexibility index (Phi) is 3.60. The Labute approximate surface area is 74.1 Å². The van der Waals surface area contributed by atoms with Gasteiger partial charge in [0.25, 0.3) is 0 Å². The van der Waals surface area contributed by atoms with Gasteiger partial charge in [-0.2, -0.15) is 0 Å². The van der Waals surface area contributed by atoms with Gasteiger partial charge in [0.1, 0.15) is 0 Å². The first kappa shape index (κ1) is 9.06. The van der Waals surface area contributed by atoms with E-state index in [1.54, 1.807) is 6.20 Å². The molecule has 1 rings (SSSR count). The molecule has 1 aromatic heterocycles. The largest absolute Gasteiger partial charge is 0.309 e. The predicted octanol–water partition coefficient (Wildman–Crippen LogP) is 0.612. The molecular weight excluding hydrogens is 152 g/mol. The first-order valence-corrected chi connectivity index (χ1v) is 4.07. The summed E-state index contributed by atoms with van der Waals surface area (Å²) in [7, 11) is 4.14. The molecule has 0 aliphatic rings. The molecule has 0 spiro atoms. The Bertz CT molecular complexity index is 215. The minimum absolute atomic E-state index is 0. The maximum atomic E-state index is 3.90. The van der Waals surface area contributed by atoms with Gasteiger partial charge in [0.15, 0.2) is 0 Å². The van der Waals surface area contributed by atoms with Crippen molar-refractivity contribution >= 4 is 0 Å². The average molecular weight is 168 g/mol. The molecule has 0 saturated carbocycles. The van der Waals surface area contributed by atoms with E-state index < -0.39 is 0 Å². The highest BCUT2D eigenvalue weighted by Crippen LogP contribution is 1.95. The Hall–Kier alpha value is -1.03. The van der Waals surface area contributed by atoms with Crippen LogP contribution in [0.25, 0.3) is 0 Å². The van der Waals surface area contributed by atoms with Crippen LogP contribution in [-0.2, 0) is 6.42 Å². The van der Waals surface area contributed by atoms with E-state index in [0.717, 1.165) is 25.1 Å². The molecule has 0 fully saturated rings. The van der Waals surface area contributed by atoms with E-state index in [1.807, 2.05) is 6.07 Å². The van der Waals surface area contributed by atoms with Crippen LogP contribution >= 0.6 is 0 Å². The second kappa shape index (κ2) is 4.77. The topological polar surface area (TPSA) is 41.9 Å². The van der Waals surface area contributed by atoms with Crippen LogP contribution < -0.4 is 0 Å². The van der Waals surface area contributed by atoms with Crippen molar-refractivity contribution in [1.29, 1.82) is 0 Å². The van der Waals surface area contributed by atoms with E-state index in [-0.39, 0.29) is 1.43 Å². The van der Waals surface area contributed by atoms with E-state index in [2.05, 4.69) is 34.4 Å². The Balaban J connectivity index is 0.00000144. The number of hydrogen-bond acceptors (Lipinski definition) is 4. The molecule has 0 unspecified atom stereocenters. The lowest BCUT2D eigenvalue weighted by Crippen LogP contribution is -2.13. The van der Waals surface area contributed by atoms with Gasteiger partial charge in [-0.15, -0.1) is 10.2 Å². The summed E-state index contributed by atoms with van der Waals surface area (Å²) in [4.78, 5) is 2.16. The zero-order chi connectivity index (χ0) is 8.81. The van der Waals surface area contributed by atoms with Crippen LogP contribution in [-0.4, -0.2) is 41.0 Å². The minimum Gasteiger partial charge on any atom is -0.309 e. The van der Waals surface area contributed by atoms with Crippen LogP contribution in [0.15, 0.2) is 12.3 Å². The smallest absolute Gasteiger partial charge is 0.0665 e. The molecule has 4 nitrogen and oxygen atoms in total. The summed E-state index contributed by atoms with van der Waals surface area (Å²) >= 11 is 0. The number of nitrogens with zero attached hydrogens (tertiary/aromatic N) is 4. The van der Waals surface area contributed by atoms with Crippen molar-refractivity contribution in [3.8, 4) is 0 Å². The lowest BCUT2D eigenvalue weighted by molar-refractivity contribution is 0.399. The quantitative estimate of drug-likeness (QED) is 0.660. The number of hydrogen-bond donors (Lipinski definition) is 0. The van der Waals surface area contributed by atoms with E-state index in [9.17, 15) is 0 Å². The molecular formula is C8H16N4. The van der Waals surface area contributed by atoms with Crippen LogP contribution in [0.1, 0.15) is 13.5 Å². The van der Waals surface area contributed by atoms with Gasteiger partial charge in [0.05, 0.1) is 11.9 Å². The fraction of sp³-hybridized carbons (Fsp3) is 0.625. The summed E-state index contributed by atoms with van der Waals surface area (Å²) in [5.41, 5.74) is 1.02. The van der Waals surface area contributed by atoms with Gasteiger partial charge in [-0.1, -0.05) is 0 Å². The highest BCUT2D eigenvalue weighted by molar-refractivity contribution is 4.94. The summed E-state index contributed by atoms with van der Waals surface area (Å²) in [6, 6.07) is 1.91. The van der Waals surface area contributed by atoms with Crippen molar-refractivity contribution in [2.75, 3.05) is 20.6 Å². The summed E-state index contributed by atoms with van der Waals surface area (Å²) in [5.74, 6) is 0. The first-order valence-electron chi connectivity index (χ1n) is 4.07. The third kappa shape index (κ3) is 3.39. The van der Waals surface area contributed by atoms with Crippen molar-refractivity contribution in [1.82, 2.24) is 20.3 Å². The van der Waals surface area contributed by atoms with Crippen molar-refractivity contribution in [2.45, 2.75) is 12.8 Å². The van der Waals surface area contributed by atoms with Gasteiger partial charge in [0, 0.05) is 1.43 Å².